The minimum atomic E-state index is -0.697. The van der Waals surface area contributed by atoms with E-state index in [0.29, 0.717) is 32.9 Å². The van der Waals surface area contributed by atoms with Gasteiger partial charge in [-0.1, -0.05) is 24.3 Å². The third-order valence-electron chi connectivity index (χ3n) is 6.25. The monoisotopic (exact) mass is 498 g/mol. The molecule has 1 heterocycles. The van der Waals surface area contributed by atoms with Crippen molar-refractivity contribution in [1.82, 2.24) is 9.80 Å². The van der Waals surface area contributed by atoms with Crippen molar-refractivity contribution in [2.24, 2.45) is 0 Å². The molecule has 1 aliphatic carbocycles. The first-order valence-corrected chi connectivity index (χ1v) is 12.8. The van der Waals surface area contributed by atoms with Crippen molar-refractivity contribution in [3.8, 4) is 5.75 Å². The Balaban J connectivity index is 1.49. The lowest BCUT2D eigenvalue weighted by molar-refractivity contribution is -0.150. The van der Waals surface area contributed by atoms with Crippen molar-refractivity contribution in [2.75, 3.05) is 40.0 Å². The van der Waals surface area contributed by atoms with Crippen molar-refractivity contribution in [3.63, 3.8) is 0 Å². The Bertz CT molecular complexity index is 1060. The van der Waals surface area contributed by atoms with Gasteiger partial charge in [-0.05, 0) is 56.7 Å². The van der Waals surface area contributed by atoms with E-state index in [9.17, 15) is 9.59 Å². The number of morpholine rings is 1. The van der Waals surface area contributed by atoms with Crippen LogP contribution in [0.25, 0.3) is 10.8 Å². The van der Waals surface area contributed by atoms with Crippen molar-refractivity contribution in [3.05, 3.63) is 42.0 Å². The number of fused-ring (bicyclic) bond motifs is 1. The van der Waals surface area contributed by atoms with Gasteiger partial charge in [-0.15, -0.1) is 0 Å². The van der Waals surface area contributed by atoms with E-state index in [4.69, 9.17) is 18.9 Å². The number of amides is 2. The summed E-state index contributed by atoms with van der Waals surface area (Å²) in [5, 5.41) is 2.12. The zero-order valence-corrected chi connectivity index (χ0v) is 21.8. The third-order valence-corrected chi connectivity index (χ3v) is 6.25. The van der Waals surface area contributed by atoms with E-state index in [-0.39, 0.29) is 18.5 Å². The summed E-state index contributed by atoms with van der Waals surface area (Å²) in [6.45, 7) is 8.09. The van der Waals surface area contributed by atoms with E-state index in [1.54, 1.807) is 12.0 Å². The predicted octanol–water partition coefficient (Wildman–Crippen LogP) is 4.38. The maximum atomic E-state index is 13.6. The average molecular weight is 499 g/mol. The summed E-state index contributed by atoms with van der Waals surface area (Å²) in [7, 11) is 1.68. The summed E-state index contributed by atoms with van der Waals surface area (Å²) in [5.74, 6) is 0.730. The molecular formula is C28H38N2O6. The molecule has 36 heavy (non-hydrogen) atoms. The van der Waals surface area contributed by atoms with Crippen LogP contribution in [-0.4, -0.2) is 79.6 Å². The molecule has 0 bridgehead atoms. The number of ether oxygens (including phenoxy) is 4. The molecule has 8 nitrogen and oxygen atoms in total. The Morgan fingerprint density at radius 1 is 1.14 bits per heavy atom. The molecule has 0 spiro atoms. The smallest absolute Gasteiger partial charge is 0.410 e. The van der Waals surface area contributed by atoms with E-state index in [1.807, 2.05) is 43.9 Å². The van der Waals surface area contributed by atoms with Gasteiger partial charge >= 0.3 is 6.09 Å². The topological polar surface area (TPSA) is 77.5 Å². The van der Waals surface area contributed by atoms with Crippen LogP contribution < -0.4 is 4.74 Å². The molecule has 0 radical (unpaired) electrons. The van der Waals surface area contributed by atoms with Gasteiger partial charge in [0.1, 0.15) is 11.4 Å². The van der Waals surface area contributed by atoms with Crippen molar-refractivity contribution < 1.29 is 28.5 Å². The first kappa shape index (κ1) is 26.2. The fourth-order valence-corrected chi connectivity index (χ4v) is 4.38. The van der Waals surface area contributed by atoms with Crippen molar-refractivity contribution in [2.45, 2.75) is 64.3 Å². The van der Waals surface area contributed by atoms with Gasteiger partial charge in [0.2, 0.25) is 0 Å². The number of hydrogen-bond donors (Lipinski definition) is 0. The lowest BCUT2D eigenvalue weighted by Gasteiger charge is -2.36. The first-order valence-electron chi connectivity index (χ1n) is 12.8. The molecular weight excluding hydrogens is 460 g/mol. The number of rotatable bonds is 9. The summed E-state index contributed by atoms with van der Waals surface area (Å²) in [6, 6.07) is 12.5. The second-order valence-electron chi connectivity index (χ2n) is 10.5. The molecule has 1 aliphatic heterocycles. The van der Waals surface area contributed by atoms with Gasteiger partial charge in [-0.3, -0.25) is 4.79 Å². The number of methoxy groups -OCH3 is 1. The Morgan fingerprint density at radius 3 is 2.64 bits per heavy atom. The van der Waals surface area contributed by atoms with Gasteiger partial charge in [-0.25, -0.2) is 4.79 Å². The molecule has 8 heteroatoms. The second-order valence-corrected chi connectivity index (χ2v) is 10.5. The van der Waals surface area contributed by atoms with Crippen LogP contribution in [0, 0.1) is 0 Å². The zero-order valence-electron chi connectivity index (χ0n) is 21.8. The Morgan fingerprint density at radius 2 is 1.92 bits per heavy atom. The first-order chi connectivity index (χ1) is 17.2. The SMILES string of the molecule is COCCCOc1cc(CN(C(=O)[C@H]2CN(C(=O)OC(C)(C)C)CCO2)C2CC2)cc2ccccc12. The fourth-order valence-electron chi connectivity index (χ4n) is 4.38. The number of nitrogens with zero attached hydrogens (tertiary/aromatic N) is 2. The summed E-state index contributed by atoms with van der Waals surface area (Å²) in [6.07, 6.45) is 1.64. The minimum absolute atomic E-state index is 0.0820. The molecule has 0 N–H and O–H groups in total. The Kier molecular flexibility index (Phi) is 8.36. The molecule has 4 rings (SSSR count). The minimum Gasteiger partial charge on any atom is -0.493 e. The van der Waals surface area contributed by atoms with Crippen LogP contribution in [0.1, 0.15) is 45.6 Å². The molecule has 196 valence electrons. The van der Waals surface area contributed by atoms with Crippen LogP contribution in [0.3, 0.4) is 0 Å². The summed E-state index contributed by atoms with van der Waals surface area (Å²) in [5.41, 5.74) is 0.421. The molecule has 2 aromatic carbocycles. The van der Waals surface area contributed by atoms with Gasteiger partial charge in [0.05, 0.1) is 19.8 Å². The van der Waals surface area contributed by atoms with Gasteiger partial charge in [0.15, 0.2) is 6.10 Å². The molecule has 0 unspecified atom stereocenters. The van der Waals surface area contributed by atoms with E-state index in [2.05, 4.69) is 18.2 Å². The van der Waals surface area contributed by atoms with E-state index < -0.39 is 17.8 Å². The second kappa shape index (κ2) is 11.5. The molecule has 0 aromatic heterocycles. The Hall–Kier alpha value is -2.84. The molecule has 2 aromatic rings. The van der Waals surface area contributed by atoms with Gasteiger partial charge < -0.3 is 28.7 Å². The largest absolute Gasteiger partial charge is 0.493 e. The van der Waals surface area contributed by atoms with Crippen LogP contribution >= 0.6 is 0 Å². The molecule has 1 saturated carbocycles. The van der Waals surface area contributed by atoms with E-state index in [0.717, 1.165) is 41.3 Å². The highest BCUT2D eigenvalue weighted by molar-refractivity contribution is 5.89. The van der Waals surface area contributed by atoms with Crippen molar-refractivity contribution >= 4 is 22.8 Å². The molecule has 2 aliphatic rings. The third kappa shape index (κ3) is 6.89. The predicted molar refractivity (Wildman–Crippen MR) is 137 cm³/mol. The van der Waals surface area contributed by atoms with Crippen molar-refractivity contribution in [1.29, 1.82) is 0 Å². The maximum Gasteiger partial charge on any atom is 0.410 e. The quantitative estimate of drug-likeness (QED) is 0.478. The van der Waals surface area contributed by atoms with Crippen LogP contribution in [0.5, 0.6) is 5.75 Å². The number of hydrogen-bond acceptors (Lipinski definition) is 6. The highest BCUT2D eigenvalue weighted by atomic mass is 16.6. The van der Waals surface area contributed by atoms with Gasteiger partial charge in [0, 0.05) is 44.7 Å². The van der Waals surface area contributed by atoms with Crippen LogP contribution in [0.2, 0.25) is 0 Å². The summed E-state index contributed by atoms with van der Waals surface area (Å²) >= 11 is 0. The van der Waals surface area contributed by atoms with Gasteiger partial charge in [-0.2, -0.15) is 0 Å². The van der Waals surface area contributed by atoms with Crippen LogP contribution in [0.15, 0.2) is 36.4 Å². The lowest BCUT2D eigenvalue weighted by Crippen LogP contribution is -2.53. The highest BCUT2D eigenvalue weighted by Crippen LogP contribution is 2.33. The number of carbonyl (C=O) groups excluding carboxylic acids is 2. The lowest BCUT2D eigenvalue weighted by atomic mass is 10.0. The normalized spacial score (nSPS) is 18.2. The number of benzene rings is 2. The molecule has 2 amide bonds. The van der Waals surface area contributed by atoms with Gasteiger partial charge in [0.25, 0.3) is 5.91 Å². The average Bonchev–Trinajstić information content (AvgIpc) is 3.69. The van der Waals surface area contributed by atoms with E-state index >= 15 is 0 Å². The number of carbonyl (C=O) groups is 2. The fraction of sp³-hybridized carbons (Fsp3) is 0.571. The molecule has 1 saturated heterocycles. The Labute approximate surface area is 213 Å². The standard InChI is InChI=1S/C28H38N2O6/c1-28(2,3)36-27(32)29-12-15-35-25(19-29)26(31)30(22-10-11-22)18-20-16-21-8-5-6-9-23(21)24(17-20)34-14-7-13-33-4/h5-6,8-9,16-17,22,25H,7,10-15,18-19H2,1-4H3/t25-/m1/s1. The van der Waals surface area contributed by atoms with Crippen LogP contribution in [0.4, 0.5) is 4.79 Å². The molecule has 1 atom stereocenters. The summed E-state index contributed by atoms with van der Waals surface area (Å²) < 4.78 is 22.6. The summed E-state index contributed by atoms with van der Waals surface area (Å²) in [4.78, 5) is 29.7. The van der Waals surface area contributed by atoms with E-state index in [1.165, 1.54) is 0 Å². The highest BCUT2D eigenvalue weighted by Gasteiger charge is 2.39. The molecule has 2 fully saturated rings. The van der Waals surface area contributed by atoms with Crippen LogP contribution in [-0.2, 0) is 25.5 Å². The maximum absolute atomic E-state index is 13.6. The zero-order chi connectivity index (χ0) is 25.7.